The molecule has 1 aromatic rings. The summed E-state index contributed by atoms with van der Waals surface area (Å²) in [7, 11) is 0. The second-order valence-corrected chi connectivity index (χ2v) is 5.23. The molecule has 1 aromatic carbocycles. The zero-order chi connectivity index (χ0) is 13.0. The van der Waals surface area contributed by atoms with Crippen LogP contribution < -0.4 is 5.73 Å². The average Bonchev–Trinajstić information content (AvgIpc) is 2.38. The quantitative estimate of drug-likeness (QED) is 0.833. The number of nitrogen functional groups attached to an aromatic ring is 1. The average molecular weight is 246 g/mol. The number of rotatable bonds is 3. The molecule has 0 atom stereocenters. The second-order valence-electron chi connectivity index (χ2n) is 5.23. The number of hydrogen-bond acceptors (Lipinski definition) is 2. The largest absolute Gasteiger partial charge is 0.399 e. The van der Waals surface area contributed by atoms with Gasteiger partial charge < -0.3 is 10.6 Å². The Labute approximate surface area is 109 Å². The van der Waals surface area contributed by atoms with Crippen LogP contribution in [0.5, 0.6) is 0 Å². The number of carbonyl (C=O) groups is 1. The molecule has 1 amide bonds. The van der Waals surface area contributed by atoms with Crippen LogP contribution in [0.2, 0.25) is 0 Å². The molecule has 98 valence electrons. The Bertz CT molecular complexity index is 391. The Morgan fingerprint density at radius 2 is 1.89 bits per heavy atom. The lowest BCUT2D eigenvalue weighted by Crippen LogP contribution is -2.37. The fraction of sp³-hybridized carbons (Fsp3) is 0.533. The van der Waals surface area contributed by atoms with E-state index in [1.54, 1.807) is 6.92 Å². The Kier molecular flexibility index (Phi) is 4.24. The van der Waals surface area contributed by atoms with Crippen molar-refractivity contribution in [2.24, 2.45) is 5.92 Å². The number of likely N-dealkylation sites (tertiary alicyclic amines) is 1. The first kappa shape index (κ1) is 12.9. The molecule has 1 saturated heterocycles. The van der Waals surface area contributed by atoms with Crippen molar-refractivity contribution in [1.29, 1.82) is 0 Å². The summed E-state index contributed by atoms with van der Waals surface area (Å²) in [5.74, 6) is 0.977. The molecule has 0 saturated carbocycles. The van der Waals surface area contributed by atoms with Gasteiger partial charge >= 0.3 is 0 Å². The molecular formula is C15H22N2O. The van der Waals surface area contributed by atoms with Crippen LogP contribution in [-0.4, -0.2) is 23.9 Å². The Morgan fingerprint density at radius 3 is 2.44 bits per heavy atom. The van der Waals surface area contributed by atoms with E-state index in [0.29, 0.717) is 0 Å². The lowest BCUT2D eigenvalue weighted by molar-refractivity contribution is -0.130. The molecule has 1 aliphatic heterocycles. The normalized spacial score (nSPS) is 16.8. The first-order valence-electron chi connectivity index (χ1n) is 6.75. The number of amides is 1. The minimum Gasteiger partial charge on any atom is -0.399 e. The Balaban J connectivity index is 1.75. The predicted octanol–water partition coefficient (Wildman–Crippen LogP) is 2.46. The van der Waals surface area contributed by atoms with Gasteiger partial charge in [0.15, 0.2) is 0 Å². The van der Waals surface area contributed by atoms with Gasteiger partial charge in [0.2, 0.25) is 5.91 Å². The van der Waals surface area contributed by atoms with Crippen molar-refractivity contribution in [3.8, 4) is 0 Å². The van der Waals surface area contributed by atoms with Crippen molar-refractivity contribution in [3.63, 3.8) is 0 Å². The van der Waals surface area contributed by atoms with Crippen molar-refractivity contribution >= 4 is 11.6 Å². The lowest BCUT2D eigenvalue weighted by atomic mass is 9.90. The predicted molar refractivity (Wildman–Crippen MR) is 74.2 cm³/mol. The van der Waals surface area contributed by atoms with Crippen molar-refractivity contribution in [2.75, 3.05) is 18.8 Å². The number of carbonyl (C=O) groups excluding carboxylic acids is 1. The summed E-state index contributed by atoms with van der Waals surface area (Å²) in [6, 6.07) is 8.15. The van der Waals surface area contributed by atoms with Crippen molar-refractivity contribution < 1.29 is 4.79 Å². The van der Waals surface area contributed by atoms with Gasteiger partial charge in [-0.15, -0.1) is 0 Å². The van der Waals surface area contributed by atoms with E-state index in [2.05, 4.69) is 12.1 Å². The van der Waals surface area contributed by atoms with E-state index < -0.39 is 0 Å². The third-order valence-electron chi connectivity index (χ3n) is 3.88. The fourth-order valence-electron chi connectivity index (χ4n) is 2.59. The number of piperidine rings is 1. The zero-order valence-corrected chi connectivity index (χ0v) is 11.1. The maximum atomic E-state index is 11.2. The SMILES string of the molecule is CC(=O)N1CCC(CCc2ccc(N)cc2)CC1. The van der Waals surface area contributed by atoms with Crippen molar-refractivity contribution in [1.82, 2.24) is 4.90 Å². The minimum absolute atomic E-state index is 0.215. The van der Waals surface area contributed by atoms with Crippen molar-refractivity contribution in [3.05, 3.63) is 29.8 Å². The van der Waals surface area contributed by atoms with E-state index in [0.717, 1.165) is 44.0 Å². The number of nitrogens with two attached hydrogens (primary N) is 1. The molecule has 1 heterocycles. The third kappa shape index (κ3) is 3.49. The fourth-order valence-corrected chi connectivity index (χ4v) is 2.59. The van der Waals surface area contributed by atoms with Gasteiger partial charge in [-0.25, -0.2) is 0 Å². The van der Waals surface area contributed by atoms with Gasteiger partial charge in [-0.2, -0.15) is 0 Å². The lowest BCUT2D eigenvalue weighted by Gasteiger charge is -2.31. The number of benzene rings is 1. The van der Waals surface area contributed by atoms with Crippen LogP contribution in [0.4, 0.5) is 5.69 Å². The molecule has 0 aliphatic carbocycles. The van der Waals surface area contributed by atoms with E-state index in [9.17, 15) is 4.79 Å². The molecule has 1 aliphatic rings. The highest BCUT2D eigenvalue weighted by Gasteiger charge is 2.20. The number of hydrogen-bond donors (Lipinski definition) is 1. The summed E-state index contributed by atoms with van der Waals surface area (Å²) in [6.07, 6.45) is 4.63. The van der Waals surface area contributed by atoms with Gasteiger partial charge in [0.25, 0.3) is 0 Å². The smallest absolute Gasteiger partial charge is 0.219 e. The standard InChI is InChI=1S/C15H22N2O/c1-12(18)17-10-8-14(9-11-17)3-2-13-4-6-15(16)7-5-13/h4-7,14H,2-3,8-11,16H2,1H3. The number of anilines is 1. The molecule has 3 nitrogen and oxygen atoms in total. The summed E-state index contributed by atoms with van der Waals surface area (Å²) in [6.45, 7) is 3.53. The van der Waals surface area contributed by atoms with Crippen LogP contribution in [0.1, 0.15) is 31.7 Å². The van der Waals surface area contributed by atoms with Crippen LogP contribution in [0.15, 0.2) is 24.3 Å². The molecule has 0 radical (unpaired) electrons. The van der Waals surface area contributed by atoms with Crippen LogP contribution in [0, 0.1) is 5.92 Å². The zero-order valence-electron chi connectivity index (χ0n) is 11.1. The molecule has 18 heavy (non-hydrogen) atoms. The van der Waals surface area contributed by atoms with Crippen LogP contribution >= 0.6 is 0 Å². The van der Waals surface area contributed by atoms with Gasteiger partial charge in [-0.05, 0) is 49.3 Å². The number of nitrogens with zero attached hydrogens (tertiary/aromatic N) is 1. The molecule has 0 aromatic heterocycles. The molecular weight excluding hydrogens is 224 g/mol. The highest BCUT2D eigenvalue weighted by molar-refractivity contribution is 5.73. The third-order valence-corrected chi connectivity index (χ3v) is 3.88. The Hall–Kier alpha value is -1.51. The topological polar surface area (TPSA) is 46.3 Å². The molecule has 3 heteroatoms. The number of aryl methyl sites for hydroxylation is 1. The maximum absolute atomic E-state index is 11.2. The van der Waals surface area contributed by atoms with Gasteiger partial charge in [0, 0.05) is 25.7 Å². The summed E-state index contributed by atoms with van der Waals surface area (Å²) in [5.41, 5.74) is 7.86. The van der Waals surface area contributed by atoms with E-state index in [4.69, 9.17) is 5.73 Å². The summed E-state index contributed by atoms with van der Waals surface area (Å²) in [5, 5.41) is 0. The highest BCUT2D eigenvalue weighted by atomic mass is 16.2. The first-order chi connectivity index (χ1) is 8.65. The molecule has 1 fully saturated rings. The van der Waals surface area contributed by atoms with E-state index in [-0.39, 0.29) is 5.91 Å². The maximum Gasteiger partial charge on any atom is 0.219 e. The second kappa shape index (κ2) is 5.89. The van der Waals surface area contributed by atoms with E-state index in [1.807, 2.05) is 17.0 Å². The highest BCUT2D eigenvalue weighted by Crippen LogP contribution is 2.22. The van der Waals surface area contributed by atoms with Gasteiger partial charge in [0.05, 0.1) is 0 Å². The van der Waals surface area contributed by atoms with E-state index >= 15 is 0 Å². The van der Waals surface area contributed by atoms with Gasteiger partial charge in [-0.3, -0.25) is 4.79 Å². The molecule has 0 spiro atoms. The molecule has 0 unspecified atom stereocenters. The molecule has 2 rings (SSSR count). The van der Waals surface area contributed by atoms with Crippen molar-refractivity contribution in [2.45, 2.75) is 32.6 Å². The minimum atomic E-state index is 0.215. The van der Waals surface area contributed by atoms with E-state index in [1.165, 1.54) is 12.0 Å². The molecule has 0 bridgehead atoms. The van der Waals surface area contributed by atoms with Crippen LogP contribution in [-0.2, 0) is 11.2 Å². The Morgan fingerprint density at radius 1 is 1.28 bits per heavy atom. The van der Waals surface area contributed by atoms with Crippen LogP contribution in [0.25, 0.3) is 0 Å². The van der Waals surface area contributed by atoms with Gasteiger partial charge in [-0.1, -0.05) is 12.1 Å². The first-order valence-corrected chi connectivity index (χ1v) is 6.75. The monoisotopic (exact) mass is 246 g/mol. The molecule has 2 N–H and O–H groups in total. The summed E-state index contributed by atoms with van der Waals surface area (Å²) >= 11 is 0. The van der Waals surface area contributed by atoms with Crippen LogP contribution in [0.3, 0.4) is 0 Å². The van der Waals surface area contributed by atoms with Gasteiger partial charge in [0.1, 0.15) is 0 Å². The summed E-state index contributed by atoms with van der Waals surface area (Å²) < 4.78 is 0. The summed E-state index contributed by atoms with van der Waals surface area (Å²) in [4.78, 5) is 13.2.